The molecule has 1 aliphatic carbocycles. The van der Waals surface area contributed by atoms with Gasteiger partial charge in [-0.05, 0) is 44.7 Å². The van der Waals surface area contributed by atoms with E-state index in [1.165, 1.54) is 5.69 Å². The van der Waals surface area contributed by atoms with Crippen LogP contribution in [0.2, 0.25) is 0 Å². The fourth-order valence-corrected chi connectivity index (χ4v) is 2.52. The molecule has 0 saturated heterocycles. The highest BCUT2D eigenvalue weighted by Crippen LogP contribution is 2.40. The summed E-state index contributed by atoms with van der Waals surface area (Å²) in [4.78, 5) is 0. The maximum Gasteiger partial charge on any atom is 0.129 e. The summed E-state index contributed by atoms with van der Waals surface area (Å²) in [5.74, 6) is 0.478. The van der Waals surface area contributed by atoms with Gasteiger partial charge in [0, 0.05) is 5.69 Å². The van der Waals surface area contributed by atoms with Gasteiger partial charge in [0.25, 0.3) is 0 Å². The van der Waals surface area contributed by atoms with Crippen molar-refractivity contribution in [2.75, 3.05) is 7.05 Å². The first-order valence-corrected chi connectivity index (χ1v) is 6.84. The van der Waals surface area contributed by atoms with Crippen LogP contribution in [0.5, 0.6) is 0 Å². The molecule has 4 nitrogen and oxygen atoms in total. The monoisotopic (exact) mass is 246 g/mol. The molecule has 1 fully saturated rings. The summed E-state index contributed by atoms with van der Waals surface area (Å²) < 4.78 is 2.02. The molecule has 0 aliphatic heterocycles. The second kappa shape index (κ2) is 5.11. The Labute approximate surface area is 109 Å². The zero-order chi connectivity index (χ0) is 13.2. The minimum Gasteiger partial charge on any atom is -0.301 e. The highest BCUT2D eigenvalue weighted by atomic mass is 15.3. The van der Waals surface area contributed by atoms with Crippen molar-refractivity contribution in [3.63, 3.8) is 0 Å². The Morgan fingerprint density at radius 2 is 2.22 bits per heavy atom. The number of likely N-dealkylation sites (N-methyl/N-ethyl adjacent to an activating group) is 1. The highest BCUT2D eigenvalue weighted by Gasteiger charge is 2.45. The first-order valence-electron chi connectivity index (χ1n) is 6.84. The summed E-state index contributed by atoms with van der Waals surface area (Å²) in [5.41, 5.74) is 1.90. The van der Waals surface area contributed by atoms with E-state index in [4.69, 9.17) is 0 Å². The van der Waals surface area contributed by atoms with Crippen molar-refractivity contribution in [3.05, 3.63) is 17.5 Å². The lowest BCUT2D eigenvalue weighted by atomic mass is 9.95. The van der Waals surface area contributed by atoms with Gasteiger partial charge in [0.15, 0.2) is 0 Å². The van der Waals surface area contributed by atoms with Crippen LogP contribution in [0.15, 0.2) is 6.07 Å². The van der Waals surface area contributed by atoms with Crippen molar-refractivity contribution in [1.82, 2.24) is 15.1 Å². The molecule has 4 heteroatoms. The number of aryl methyl sites for hydroxylation is 2. The molecule has 0 bridgehead atoms. The molecule has 0 radical (unpaired) electrons. The first kappa shape index (κ1) is 13.1. The zero-order valence-electron chi connectivity index (χ0n) is 11.5. The number of nitrogens with one attached hydrogen (secondary N) is 1. The maximum absolute atomic E-state index is 9.52. The smallest absolute Gasteiger partial charge is 0.129 e. The van der Waals surface area contributed by atoms with Crippen LogP contribution in [-0.4, -0.2) is 22.4 Å². The number of nitrogens with zero attached hydrogens (tertiary/aromatic N) is 3. The molecule has 0 aromatic carbocycles. The van der Waals surface area contributed by atoms with Crippen LogP contribution in [-0.2, 0) is 19.4 Å². The molecule has 1 aromatic rings. The van der Waals surface area contributed by atoms with Gasteiger partial charge >= 0.3 is 0 Å². The van der Waals surface area contributed by atoms with Crippen LogP contribution >= 0.6 is 0 Å². The second-order valence-electron chi connectivity index (χ2n) is 5.10. The van der Waals surface area contributed by atoms with Crippen LogP contribution < -0.4 is 5.32 Å². The van der Waals surface area contributed by atoms with E-state index in [9.17, 15) is 5.26 Å². The van der Waals surface area contributed by atoms with Gasteiger partial charge in [-0.3, -0.25) is 4.68 Å². The van der Waals surface area contributed by atoms with E-state index in [2.05, 4.69) is 36.4 Å². The summed E-state index contributed by atoms with van der Waals surface area (Å²) in [5, 5.41) is 17.4. The Morgan fingerprint density at radius 3 is 2.67 bits per heavy atom. The van der Waals surface area contributed by atoms with Gasteiger partial charge in [-0.15, -0.1) is 0 Å². The van der Waals surface area contributed by atoms with Gasteiger partial charge < -0.3 is 5.32 Å². The molecule has 1 aliphatic rings. The molecule has 98 valence electrons. The Bertz CT molecular complexity index is 453. The van der Waals surface area contributed by atoms with Crippen LogP contribution in [0.3, 0.4) is 0 Å². The summed E-state index contributed by atoms with van der Waals surface area (Å²) in [6.45, 7) is 4.91. The third kappa shape index (κ3) is 2.28. The molecule has 1 aromatic heterocycles. The van der Waals surface area contributed by atoms with Crippen LogP contribution in [0.25, 0.3) is 0 Å². The molecule has 2 rings (SSSR count). The van der Waals surface area contributed by atoms with Gasteiger partial charge in [0.1, 0.15) is 5.54 Å². The molecular formula is C14H22N4. The zero-order valence-corrected chi connectivity index (χ0v) is 11.5. The fourth-order valence-electron chi connectivity index (χ4n) is 2.52. The van der Waals surface area contributed by atoms with E-state index in [0.29, 0.717) is 12.5 Å². The molecule has 0 amide bonds. The number of hydrogen-bond acceptors (Lipinski definition) is 3. The van der Waals surface area contributed by atoms with E-state index in [0.717, 1.165) is 31.4 Å². The average molecular weight is 246 g/mol. The molecular weight excluding hydrogens is 224 g/mol. The Balaban J connectivity index is 2.26. The Hall–Kier alpha value is -1.34. The van der Waals surface area contributed by atoms with Gasteiger partial charge in [0.05, 0.1) is 18.3 Å². The van der Waals surface area contributed by atoms with Gasteiger partial charge in [0.2, 0.25) is 0 Å². The van der Waals surface area contributed by atoms with Gasteiger partial charge in [-0.2, -0.15) is 10.4 Å². The Kier molecular flexibility index (Phi) is 3.72. The summed E-state index contributed by atoms with van der Waals surface area (Å²) in [7, 11) is 1.89. The summed E-state index contributed by atoms with van der Waals surface area (Å²) in [6, 6.07) is 4.64. The molecule has 1 N–H and O–H groups in total. The largest absolute Gasteiger partial charge is 0.301 e. The van der Waals surface area contributed by atoms with E-state index in [-0.39, 0.29) is 0 Å². The van der Waals surface area contributed by atoms with Crippen molar-refractivity contribution in [1.29, 1.82) is 5.26 Å². The molecule has 1 unspecified atom stereocenters. The van der Waals surface area contributed by atoms with Crippen molar-refractivity contribution >= 4 is 0 Å². The van der Waals surface area contributed by atoms with Gasteiger partial charge in [-0.1, -0.05) is 13.8 Å². The molecule has 1 saturated carbocycles. The molecule has 0 spiro atoms. The number of aromatic nitrogens is 2. The van der Waals surface area contributed by atoms with E-state index >= 15 is 0 Å². The van der Waals surface area contributed by atoms with Crippen molar-refractivity contribution in [3.8, 4) is 6.07 Å². The number of rotatable bonds is 6. The lowest BCUT2D eigenvalue weighted by molar-refractivity contribution is 0.321. The second-order valence-corrected chi connectivity index (χ2v) is 5.10. The molecule has 18 heavy (non-hydrogen) atoms. The topological polar surface area (TPSA) is 53.6 Å². The predicted molar refractivity (Wildman–Crippen MR) is 71.1 cm³/mol. The normalized spacial score (nSPS) is 18.3. The third-order valence-electron chi connectivity index (χ3n) is 3.96. The minimum atomic E-state index is -0.444. The van der Waals surface area contributed by atoms with Gasteiger partial charge in [-0.25, -0.2) is 0 Å². The van der Waals surface area contributed by atoms with Crippen LogP contribution in [0.4, 0.5) is 0 Å². The lowest BCUT2D eigenvalue weighted by Gasteiger charge is -2.26. The summed E-state index contributed by atoms with van der Waals surface area (Å²) >= 11 is 0. The molecule has 1 atom stereocenters. The van der Waals surface area contributed by atoms with Crippen LogP contribution in [0.1, 0.15) is 38.1 Å². The van der Waals surface area contributed by atoms with Crippen molar-refractivity contribution in [2.24, 2.45) is 5.92 Å². The Morgan fingerprint density at radius 1 is 1.50 bits per heavy atom. The van der Waals surface area contributed by atoms with E-state index in [1.807, 2.05) is 11.7 Å². The minimum absolute atomic E-state index is 0.444. The number of hydrogen-bond donors (Lipinski definition) is 1. The standard InChI is InChI=1S/C14H22N4/c1-4-12-8-13(5-2)18(17-12)10-14(9-15,16-3)11-6-7-11/h8,11,16H,4-7,10H2,1-3H3. The van der Waals surface area contributed by atoms with Crippen molar-refractivity contribution < 1.29 is 0 Å². The van der Waals surface area contributed by atoms with Crippen molar-refractivity contribution in [2.45, 2.75) is 51.6 Å². The lowest BCUT2D eigenvalue weighted by Crippen LogP contribution is -2.48. The van der Waals surface area contributed by atoms with E-state index < -0.39 is 5.54 Å². The first-order chi connectivity index (χ1) is 8.69. The SMILES string of the molecule is CCc1cc(CC)n(CC(C#N)(NC)C2CC2)n1. The highest BCUT2D eigenvalue weighted by molar-refractivity contribution is 5.17. The quantitative estimate of drug-likeness (QED) is 0.834. The fraction of sp³-hybridized carbons (Fsp3) is 0.714. The summed E-state index contributed by atoms with van der Waals surface area (Å²) in [6.07, 6.45) is 4.21. The van der Waals surface area contributed by atoms with Crippen LogP contribution in [0, 0.1) is 17.2 Å². The predicted octanol–water partition coefficient (Wildman–Crippen LogP) is 1.90. The van der Waals surface area contributed by atoms with E-state index in [1.54, 1.807) is 0 Å². The molecule has 1 heterocycles. The number of nitriles is 1. The third-order valence-corrected chi connectivity index (χ3v) is 3.96. The maximum atomic E-state index is 9.52. The average Bonchev–Trinajstić information content (AvgIpc) is 3.18.